The molecule has 2 N–H and O–H groups in total. The number of rotatable bonds is 2. The van der Waals surface area contributed by atoms with Gasteiger partial charge < -0.3 is 4.84 Å². The monoisotopic (exact) mass is 169 g/mol. The van der Waals surface area contributed by atoms with Crippen molar-refractivity contribution < 1.29 is 4.84 Å². The Hall–Kier alpha value is 0.427. The molecule has 0 saturated heterocycles. The van der Waals surface area contributed by atoms with E-state index < -0.39 is 0 Å². The topological polar surface area (TPSA) is 35.2 Å². The Morgan fingerprint density at radius 2 is 1.89 bits per heavy atom. The Balaban J connectivity index is 0. The molecule has 0 rings (SSSR count). The van der Waals surface area contributed by atoms with Crippen molar-refractivity contribution in [1.29, 1.82) is 0 Å². The zero-order chi connectivity index (χ0) is 6.78. The molecule has 9 heavy (non-hydrogen) atoms. The molecule has 0 amide bonds. The lowest BCUT2D eigenvalue weighted by Gasteiger charge is -2.25. The highest BCUT2D eigenvalue weighted by atomic mass is 35.5. The van der Waals surface area contributed by atoms with Gasteiger partial charge in [0.1, 0.15) is 0 Å². The van der Waals surface area contributed by atoms with E-state index in [1.807, 2.05) is 6.92 Å². The summed E-state index contributed by atoms with van der Waals surface area (Å²) < 4.78 is 0. The molecule has 0 spiro atoms. The third kappa shape index (κ3) is 3.92. The Bertz CT molecular complexity index is 77.4. The van der Waals surface area contributed by atoms with E-state index in [9.17, 15) is 0 Å². The van der Waals surface area contributed by atoms with Crippen LogP contribution in [0, 0.1) is 5.92 Å². The maximum absolute atomic E-state index is 5.04. The summed E-state index contributed by atoms with van der Waals surface area (Å²) in [5, 5.41) is -0.0417. The highest BCUT2D eigenvalue weighted by molar-refractivity contribution is 6.14. The molecule has 0 bridgehead atoms. The summed E-state index contributed by atoms with van der Waals surface area (Å²) in [4.78, 5) is 4.76. The number of halogens is 1. The van der Waals surface area contributed by atoms with Gasteiger partial charge in [-0.2, -0.15) is 0 Å². The Kier molecular flexibility index (Phi) is 5.77. The van der Waals surface area contributed by atoms with Crippen LogP contribution in [0.3, 0.4) is 0 Å². The molecule has 2 nitrogen and oxygen atoms in total. The van der Waals surface area contributed by atoms with Gasteiger partial charge >= 0.3 is 0 Å². The minimum Gasteiger partial charge on any atom is -0.303 e. The molecule has 0 aromatic heterocycles. The summed E-state index contributed by atoms with van der Waals surface area (Å²) in [7, 11) is 0.986. The summed E-state index contributed by atoms with van der Waals surface area (Å²) in [6.45, 7) is 6.25. The minimum absolute atomic E-state index is 0. The Labute approximate surface area is 65.9 Å². The highest BCUT2D eigenvalue weighted by Gasteiger charge is 2.21. The maximum atomic E-state index is 5.04. The predicted molar refractivity (Wildman–Crippen MR) is 45.7 cm³/mol. The maximum Gasteiger partial charge on any atom is 0.0686 e. The van der Waals surface area contributed by atoms with Crippen molar-refractivity contribution in [1.82, 2.24) is 0 Å². The Morgan fingerprint density at radius 1 is 1.56 bits per heavy atom. The van der Waals surface area contributed by atoms with Crippen LogP contribution in [0.2, 0.25) is 0 Å². The van der Waals surface area contributed by atoms with Crippen molar-refractivity contribution in [3.63, 3.8) is 0 Å². The van der Waals surface area contributed by atoms with Crippen LogP contribution in [-0.4, -0.2) is 15.5 Å². The van der Waals surface area contributed by atoms with Crippen molar-refractivity contribution in [3.8, 4) is 0 Å². The van der Waals surface area contributed by atoms with Gasteiger partial charge in [0.15, 0.2) is 0 Å². The molecule has 0 aromatic carbocycles. The van der Waals surface area contributed by atoms with Gasteiger partial charge in [-0.15, -0.1) is 12.4 Å². The largest absolute Gasteiger partial charge is 0.303 e. The van der Waals surface area contributed by atoms with E-state index >= 15 is 0 Å². The molecule has 0 aliphatic carbocycles. The van der Waals surface area contributed by atoms with Crippen molar-refractivity contribution >= 4 is 22.6 Å². The molecule has 0 fully saturated rings. The third-order valence-corrected chi connectivity index (χ3v) is 3.08. The standard InChI is InChI=1S/C5H15NOSi.ClH/c1-4(2)5(3,8)7-6;/h4H,6H2,1-3,8H3;1H. The lowest BCUT2D eigenvalue weighted by Crippen LogP contribution is -2.37. The molecule has 0 aliphatic heterocycles. The lowest BCUT2D eigenvalue weighted by atomic mass is 10.1. The summed E-state index contributed by atoms with van der Waals surface area (Å²) in [5.41, 5.74) is 0. The molecule has 4 heteroatoms. The summed E-state index contributed by atoms with van der Waals surface area (Å²) in [6.07, 6.45) is 0. The number of hydrogen-bond acceptors (Lipinski definition) is 2. The summed E-state index contributed by atoms with van der Waals surface area (Å²) in [6, 6.07) is 0. The first kappa shape index (κ1) is 12.1. The SMILES string of the molecule is CC(C)C(C)([SiH3])ON.Cl. The van der Waals surface area contributed by atoms with Gasteiger partial charge in [0.25, 0.3) is 0 Å². The predicted octanol–water partition coefficient (Wildman–Crippen LogP) is 0.0361. The molecule has 0 aliphatic rings. The molecule has 0 saturated carbocycles. The van der Waals surface area contributed by atoms with Crippen molar-refractivity contribution in [2.24, 2.45) is 11.8 Å². The van der Waals surface area contributed by atoms with E-state index in [1.165, 1.54) is 0 Å². The van der Waals surface area contributed by atoms with Crippen LogP contribution in [-0.2, 0) is 4.84 Å². The molecule has 58 valence electrons. The number of hydrogen-bond donors (Lipinski definition) is 1. The van der Waals surface area contributed by atoms with E-state index in [-0.39, 0.29) is 17.6 Å². The van der Waals surface area contributed by atoms with Crippen LogP contribution in [0.5, 0.6) is 0 Å². The molecule has 1 unspecified atom stereocenters. The minimum atomic E-state index is -0.0417. The normalized spacial score (nSPS) is 17.0. The van der Waals surface area contributed by atoms with E-state index in [1.54, 1.807) is 0 Å². The van der Waals surface area contributed by atoms with Crippen molar-refractivity contribution in [2.45, 2.75) is 26.0 Å². The number of nitrogens with two attached hydrogens (primary N) is 1. The van der Waals surface area contributed by atoms with Crippen LogP contribution in [0.4, 0.5) is 0 Å². The second-order valence-corrected chi connectivity index (χ2v) is 4.86. The van der Waals surface area contributed by atoms with Gasteiger partial charge in [-0.3, -0.25) is 0 Å². The fourth-order valence-electron chi connectivity index (χ4n) is 0.136. The Morgan fingerprint density at radius 3 is 1.89 bits per heavy atom. The second-order valence-electron chi connectivity index (χ2n) is 2.88. The van der Waals surface area contributed by atoms with Crippen molar-refractivity contribution in [3.05, 3.63) is 0 Å². The molecular weight excluding hydrogens is 154 g/mol. The van der Waals surface area contributed by atoms with E-state index in [2.05, 4.69) is 13.8 Å². The first-order valence-corrected chi connectivity index (χ1v) is 3.88. The quantitative estimate of drug-likeness (QED) is 0.468. The average Bonchev–Trinajstić information content (AvgIpc) is 1.67. The van der Waals surface area contributed by atoms with Crippen molar-refractivity contribution in [2.75, 3.05) is 0 Å². The fourth-order valence-corrected chi connectivity index (χ4v) is 0.136. The van der Waals surface area contributed by atoms with Gasteiger partial charge in [-0.05, 0) is 12.8 Å². The first-order chi connectivity index (χ1) is 3.50. The van der Waals surface area contributed by atoms with Crippen LogP contribution in [0.25, 0.3) is 0 Å². The highest BCUT2D eigenvalue weighted by Crippen LogP contribution is 2.13. The van der Waals surface area contributed by atoms with E-state index in [0.29, 0.717) is 5.92 Å². The summed E-state index contributed by atoms with van der Waals surface area (Å²) >= 11 is 0. The van der Waals surface area contributed by atoms with Gasteiger partial charge in [0.05, 0.1) is 5.22 Å². The third-order valence-electron chi connectivity index (χ3n) is 1.69. The lowest BCUT2D eigenvalue weighted by molar-refractivity contribution is -0.00127. The smallest absolute Gasteiger partial charge is 0.0686 e. The van der Waals surface area contributed by atoms with Crippen LogP contribution in [0.1, 0.15) is 20.8 Å². The molecule has 0 heterocycles. The van der Waals surface area contributed by atoms with Crippen LogP contribution < -0.4 is 5.90 Å². The van der Waals surface area contributed by atoms with Gasteiger partial charge in [0, 0.05) is 10.2 Å². The fraction of sp³-hybridized carbons (Fsp3) is 1.00. The average molecular weight is 170 g/mol. The zero-order valence-electron chi connectivity index (χ0n) is 6.47. The second kappa shape index (κ2) is 4.28. The zero-order valence-corrected chi connectivity index (χ0v) is 9.29. The van der Waals surface area contributed by atoms with Crippen LogP contribution in [0.15, 0.2) is 0 Å². The van der Waals surface area contributed by atoms with Gasteiger partial charge in [-0.1, -0.05) is 13.8 Å². The van der Waals surface area contributed by atoms with Crippen LogP contribution >= 0.6 is 12.4 Å². The van der Waals surface area contributed by atoms with E-state index in [0.717, 1.165) is 10.2 Å². The van der Waals surface area contributed by atoms with Gasteiger partial charge in [-0.25, -0.2) is 5.90 Å². The van der Waals surface area contributed by atoms with E-state index in [4.69, 9.17) is 10.7 Å². The summed E-state index contributed by atoms with van der Waals surface area (Å²) in [5.74, 6) is 5.57. The molecular formula is C5H16ClNOSi. The van der Waals surface area contributed by atoms with Gasteiger partial charge in [0.2, 0.25) is 0 Å². The first-order valence-electron chi connectivity index (χ1n) is 2.88. The molecule has 0 aromatic rings. The molecule has 1 atom stereocenters. The molecule has 0 radical (unpaired) electrons.